The maximum atomic E-state index is 12.8. The molecule has 174 valence electrons. The molecule has 0 saturated heterocycles. The van der Waals surface area contributed by atoms with Gasteiger partial charge in [-0.1, -0.05) is 43.7 Å². The molecule has 0 unspecified atom stereocenters. The number of alkyl carbamates (subject to hydrolysis) is 1. The Morgan fingerprint density at radius 2 is 1.91 bits per heavy atom. The van der Waals surface area contributed by atoms with Gasteiger partial charge in [0.2, 0.25) is 0 Å². The molecule has 0 fully saturated rings. The number of ether oxygens (including phenoxy) is 2. The summed E-state index contributed by atoms with van der Waals surface area (Å²) in [6, 6.07) is 11.9. The molecule has 0 spiro atoms. The summed E-state index contributed by atoms with van der Waals surface area (Å²) in [5, 5.41) is 2.56. The van der Waals surface area contributed by atoms with Gasteiger partial charge in [-0.05, 0) is 43.0 Å². The normalized spacial score (nSPS) is 11.7. The van der Waals surface area contributed by atoms with E-state index in [4.69, 9.17) is 9.47 Å². The number of fused-ring (bicyclic) bond motifs is 1. The highest BCUT2D eigenvalue weighted by Gasteiger charge is 2.25. The number of carbonyl (C=O) groups is 3. The molecule has 2 aromatic heterocycles. The quantitative estimate of drug-likeness (QED) is 0.236. The molecule has 33 heavy (non-hydrogen) atoms. The summed E-state index contributed by atoms with van der Waals surface area (Å²) in [5.74, 6) is -0.676. The number of benzene rings is 1. The Morgan fingerprint density at radius 3 is 2.64 bits per heavy atom. The first-order chi connectivity index (χ1) is 16.0. The summed E-state index contributed by atoms with van der Waals surface area (Å²) in [7, 11) is 0. The molecule has 3 aromatic rings. The first-order valence-electron chi connectivity index (χ1n) is 11.0. The molecular weight excluding hydrogens is 440 g/mol. The Balaban J connectivity index is 1.61. The molecule has 0 bridgehead atoms. The summed E-state index contributed by atoms with van der Waals surface area (Å²) in [6.45, 7) is 4.31. The highest BCUT2D eigenvalue weighted by molar-refractivity contribution is 7.21. The molecule has 1 atom stereocenters. The molecule has 7 nitrogen and oxygen atoms in total. The molecule has 0 saturated carbocycles. The molecule has 1 N–H and O–H groups in total. The fraction of sp³-hybridized carbons (Fsp3) is 0.360. The van der Waals surface area contributed by atoms with Crippen LogP contribution in [0.1, 0.15) is 53.4 Å². The predicted octanol–water partition coefficient (Wildman–Crippen LogP) is 5.21. The Labute approximate surface area is 197 Å². The third-order valence-electron chi connectivity index (χ3n) is 5.08. The zero-order valence-electron chi connectivity index (χ0n) is 18.8. The second-order valence-corrected chi connectivity index (χ2v) is 8.75. The van der Waals surface area contributed by atoms with Gasteiger partial charge in [0.25, 0.3) is 0 Å². The summed E-state index contributed by atoms with van der Waals surface area (Å²) >= 11 is 1.39. The first-order valence-corrected chi connectivity index (χ1v) is 11.8. The second kappa shape index (κ2) is 12.1. The molecule has 0 aliphatic carbocycles. The first kappa shape index (κ1) is 24.4. The van der Waals surface area contributed by atoms with E-state index in [1.54, 1.807) is 12.3 Å². The number of carbonyl (C=O) groups excluding carboxylic acids is 3. The number of pyridine rings is 1. The van der Waals surface area contributed by atoms with Crippen LogP contribution in [0.5, 0.6) is 0 Å². The van der Waals surface area contributed by atoms with E-state index in [1.165, 1.54) is 11.3 Å². The summed E-state index contributed by atoms with van der Waals surface area (Å²) < 4.78 is 11.5. The lowest BCUT2D eigenvalue weighted by atomic mass is 10.1. The number of esters is 1. The highest BCUT2D eigenvalue weighted by Crippen LogP contribution is 2.28. The van der Waals surface area contributed by atoms with E-state index in [0.29, 0.717) is 4.88 Å². The number of aromatic nitrogens is 1. The summed E-state index contributed by atoms with van der Waals surface area (Å²) in [5.41, 5.74) is 2.67. The fourth-order valence-corrected chi connectivity index (χ4v) is 4.23. The lowest BCUT2D eigenvalue weighted by Gasteiger charge is -2.17. The molecule has 0 aliphatic heterocycles. The van der Waals surface area contributed by atoms with E-state index < -0.39 is 18.1 Å². The van der Waals surface area contributed by atoms with Gasteiger partial charge in [-0.25, -0.2) is 9.59 Å². The SMILES string of the molecule is CCCCOC(=O)[C@@H](CCC(=O)c1cc2nccc(C)c2s1)NC(=O)OCc1ccccc1. The Morgan fingerprint density at radius 1 is 1.12 bits per heavy atom. The largest absolute Gasteiger partial charge is 0.464 e. The van der Waals surface area contributed by atoms with Gasteiger partial charge in [0, 0.05) is 12.6 Å². The van der Waals surface area contributed by atoms with Crippen LogP contribution in [0.2, 0.25) is 0 Å². The number of amides is 1. The maximum absolute atomic E-state index is 12.8. The van der Waals surface area contributed by atoms with E-state index in [-0.39, 0.29) is 31.8 Å². The van der Waals surface area contributed by atoms with Gasteiger partial charge in [-0.15, -0.1) is 11.3 Å². The van der Waals surface area contributed by atoms with E-state index >= 15 is 0 Å². The standard InChI is InChI=1S/C25H28N2O5S/c1-3-4-14-31-24(29)19(27-25(30)32-16-18-8-6-5-7-9-18)10-11-21(28)22-15-20-23(33-22)17(2)12-13-26-20/h5-9,12-13,15,19H,3-4,10-11,14,16H2,1-2H3,(H,27,30)/t19-/m1/s1. The number of nitrogens with zero attached hydrogens (tertiary/aromatic N) is 1. The molecular formula is C25H28N2O5S. The number of Topliss-reactive ketones (excluding diaryl/α,β-unsaturated/α-hetero) is 1. The number of thiophene rings is 1. The summed E-state index contributed by atoms with van der Waals surface area (Å²) in [4.78, 5) is 42.5. The van der Waals surface area contributed by atoms with Crippen molar-refractivity contribution in [1.82, 2.24) is 10.3 Å². The van der Waals surface area contributed by atoms with Crippen molar-refractivity contribution in [3.05, 3.63) is 64.7 Å². The van der Waals surface area contributed by atoms with Crippen molar-refractivity contribution in [2.45, 2.75) is 52.2 Å². The zero-order chi connectivity index (χ0) is 23.6. The van der Waals surface area contributed by atoms with Gasteiger partial charge in [0.15, 0.2) is 5.78 Å². The number of aryl methyl sites for hydroxylation is 1. The van der Waals surface area contributed by atoms with Crippen LogP contribution in [0, 0.1) is 6.92 Å². The summed E-state index contributed by atoms with van der Waals surface area (Å²) in [6.07, 6.45) is 2.78. The van der Waals surface area contributed by atoms with Crippen molar-refractivity contribution in [1.29, 1.82) is 0 Å². The Kier molecular flexibility index (Phi) is 8.95. The predicted molar refractivity (Wildman–Crippen MR) is 127 cm³/mol. The van der Waals surface area contributed by atoms with E-state index in [2.05, 4.69) is 10.3 Å². The number of hydrogen-bond donors (Lipinski definition) is 1. The molecule has 2 heterocycles. The van der Waals surface area contributed by atoms with E-state index in [1.807, 2.05) is 50.2 Å². The lowest BCUT2D eigenvalue weighted by molar-refractivity contribution is -0.146. The number of unbranched alkanes of at least 4 members (excludes halogenated alkanes) is 1. The van der Waals surface area contributed by atoms with Gasteiger partial charge in [0.05, 0.1) is 21.7 Å². The van der Waals surface area contributed by atoms with Crippen LogP contribution in [0.3, 0.4) is 0 Å². The number of hydrogen-bond acceptors (Lipinski definition) is 7. The van der Waals surface area contributed by atoms with Crippen LogP contribution in [-0.4, -0.2) is 35.5 Å². The molecule has 8 heteroatoms. The minimum Gasteiger partial charge on any atom is -0.464 e. The second-order valence-electron chi connectivity index (χ2n) is 7.69. The van der Waals surface area contributed by atoms with Gasteiger partial charge in [-0.3, -0.25) is 9.78 Å². The molecule has 0 radical (unpaired) electrons. The smallest absolute Gasteiger partial charge is 0.408 e. The minimum absolute atomic E-state index is 0.0807. The Bertz CT molecular complexity index is 1100. The third kappa shape index (κ3) is 7.12. The van der Waals surface area contributed by atoms with Crippen molar-refractivity contribution in [2.75, 3.05) is 6.61 Å². The fourth-order valence-electron chi connectivity index (χ4n) is 3.17. The van der Waals surface area contributed by atoms with Gasteiger partial charge in [0.1, 0.15) is 12.6 Å². The van der Waals surface area contributed by atoms with Gasteiger partial charge < -0.3 is 14.8 Å². The van der Waals surface area contributed by atoms with Crippen LogP contribution in [-0.2, 0) is 20.9 Å². The van der Waals surface area contributed by atoms with Crippen LogP contribution in [0.15, 0.2) is 48.7 Å². The zero-order valence-corrected chi connectivity index (χ0v) is 19.7. The molecule has 0 aliphatic rings. The van der Waals surface area contributed by atoms with Crippen LogP contribution in [0.4, 0.5) is 4.79 Å². The van der Waals surface area contributed by atoms with Crippen molar-refractivity contribution < 1.29 is 23.9 Å². The van der Waals surface area contributed by atoms with Crippen molar-refractivity contribution in [3.63, 3.8) is 0 Å². The molecule has 1 amide bonds. The van der Waals surface area contributed by atoms with Crippen LogP contribution in [0.25, 0.3) is 10.2 Å². The highest BCUT2D eigenvalue weighted by atomic mass is 32.1. The topological polar surface area (TPSA) is 94.6 Å². The number of rotatable bonds is 11. The van der Waals surface area contributed by atoms with Gasteiger partial charge >= 0.3 is 12.1 Å². The van der Waals surface area contributed by atoms with Crippen LogP contribution >= 0.6 is 11.3 Å². The number of nitrogens with one attached hydrogen (secondary N) is 1. The molecule has 1 aromatic carbocycles. The van der Waals surface area contributed by atoms with Crippen molar-refractivity contribution in [3.8, 4) is 0 Å². The monoisotopic (exact) mass is 468 g/mol. The average Bonchev–Trinajstić information content (AvgIpc) is 3.27. The van der Waals surface area contributed by atoms with E-state index in [0.717, 1.165) is 34.2 Å². The lowest BCUT2D eigenvalue weighted by Crippen LogP contribution is -2.42. The van der Waals surface area contributed by atoms with E-state index in [9.17, 15) is 14.4 Å². The van der Waals surface area contributed by atoms with Gasteiger partial charge in [-0.2, -0.15) is 0 Å². The average molecular weight is 469 g/mol. The maximum Gasteiger partial charge on any atom is 0.408 e. The minimum atomic E-state index is -0.969. The Hall–Kier alpha value is -3.26. The van der Waals surface area contributed by atoms with Crippen molar-refractivity contribution >= 4 is 39.4 Å². The van der Waals surface area contributed by atoms with Crippen molar-refractivity contribution in [2.24, 2.45) is 0 Å². The third-order valence-corrected chi connectivity index (χ3v) is 6.38. The van der Waals surface area contributed by atoms with Crippen LogP contribution < -0.4 is 5.32 Å². The number of ketones is 1. The molecule has 3 rings (SSSR count).